The van der Waals surface area contributed by atoms with Crippen LogP contribution in [-0.2, 0) is 0 Å². The van der Waals surface area contributed by atoms with Gasteiger partial charge in [-0.3, -0.25) is 9.97 Å². The molecule has 0 radical (unpaired) electrons. The molecule has 0 aliphatic carbocycles. The molecule has 0 unspecified atom stereocenters. The van der Waals surface area contributed by atoms with Gasteiger partial charge in [0.1, 0.15) is 23.3 Å². The first-order valence-electron chi connectivity index (χ1n) is 39.1. The third kappa shape index (κ3) is 11.0. The molecule has 6 aromatic heterocycles. The number of nitriles is 2. The zero-order valence-corrected chi connectivity index (χ0v) is 62.7. The van der Waals surface area contributed by atoms with Crippen molar-refractivity contribution in [1.82, 2.24) is 28.2 Å². The molecule has 0 saturated carbocycles. The van der Waals surface area contributed by atoms with Crippen LogP contribution in [-0.4, -0.2) is 28.2 Å². The summed E-state index contributed by atoms with van der Waals surface area (Å²) in [4.78, 5) is 9.03. The lowest BCUT2D eigenvalue weighted by Crippen LogP contribution is -2.05. The summed E-state index contributed by atoms with van der Waals surface area (Å²) in [5.41, 5.74) is 30.5. The Morgan fingerprint density at radius 3 is 0.819 bits per heavy atom. The van der Waals surface area contributed by atoms with E-state index in [1.807, 2.05) is 36.9 Å². The molecule has 16 aromatic carbocycles. The Morgan fingerprint density at radius 2 is 0.431 bits per heavy atom. The lowest BCUT2D eigenvalue weighted by Gasteiger charge is -2.19. The minimum atomic E-state index is 0.508. The molecule has 0 aliphatic rings. The van der Waals surface area contributed by atoms with E-state index < -0.39 is 0 Å². The zero-order chi connectivity index (χ0) is 76.9. The maximum atomic E-state index is 12.5. The summed E-state index contributed by atoms with van der Waals surface area (Å²) in [5.74, 6) is 0. The van der Waals surface area contributed by atoms with Crippen molar-refractivity contribution in [3.8, 4) is 135 Å². The molecule has 8 nitrogen and oxygen atoms in total. The fourth-order valence-electron chi connectivity index (χ4n) is 18.0. The SMILES string of the molecule is N#Cc1c(-n2c3ccccc3c3cc(-c4ccccc4)ccc32)cc(-c2ccncc2)cc1-n1c2ccc(-c3ccccc3)cc2c2cc(-c3cc4c5ccc(-c6ccccc6)cc5n(-c5cc(-c6ccncc6)cc(-n6c7cc(-c8ccccc8)ccc7c7ccc(-c8ccccc8)cc76)c5C#N)c4cc3-c3ccccc3)ccc21. The highest BCUT2D eigenvalue weighted by molar-refractivity contribution is 6.18. The van der Waals surface area contributed by atoms with Crippen LogP contribution in [0.4, 0.5) is 0 Å². The third-order valence-corrected chi connectivity index (χ3v) is 23.5. The van der Waals surface area contributed by atoms with Crippen LogP contribution in [0.25, 0.3) is 210 Å². The van der Waals surface area contributed by atoms with Crippen LogP contribution in [0.2, 0.25) is 0 Å². The summed E-state index contributed by atoms with van der Waals surface area (Å²) in [6, 6.07) is 140. The molecule has 6 heterocycles. The summed E-state index contributed by atoms with van der Waals surface area (Å²) in [6.07, 6.45) is 7.37. The highest BCUT2D eigenvalue weighted by Gasteiger charge is 2.29. The van der Waals surface area contributed by atoms with E-state index >= 15 is 0 Å². The molecule has 0 saturated heterocycles. The number of rotatable bonds is 13. The number of aromatic nitrogens is 6. The van der Waals surface area contributed by atoms with Gasteiger partial charge in [-0.1, -0.05) is 255 Å². The van der Waals surface area contributed by atoms with Gasteiger partial charge < -0.3 is 18.3 Å². The van der Waals surface area contributed by atoms with Crippen molar-refractivity contribution in [3.05, 3.63) is 412 Å². The van der Waals surface area contributed by atoms with Crippen molar-refractivity contribution < 1.29 is 0 Å². The molecular weight excluding hydrogens is 1410 g/mol. The Hall–Kier alpha value is -16.0. The second-order valence-electron chi connectivity index (χ2n) is 29.8. The fourth-order valence-corrected chi connectivity index (χ4v) is 18.0. The van der Waals surface area contributed by atoms with Crippen LogP contribution in [0.3, 0.4) is 0 Å². The Balaban J connectivity index is 0.813. The summed E-state index contributed by atoms with van der Waals surface area (Å²) < 4.78 is 9.32. The highest BCUT2D eigenvalue weighted by atomic mass is 15.0. The lowest BCUT2D eigenvalue weighted by atomic mass is 9.91. The van der Waals surface area contributed by atoms with Gasteiger partial charge in [-0.15, -0.1) is 0 Å². The minimum Gasteiger partial charge on any atom is -0.308 e. The van der Waals surface area contributed by atoms with E-state index in [0.717, 1.165) is 210 Å². The molecule has 0 amide bonds. The van der Waals surface area contributed by atoms with Gasteiger partial charge in [0.25, 0.3) is 0 Å². The molecule has 0 fully saturated rings. The summed E-state index contributed by atoms with van der Waals surface area (Å²) in [5, 5.41) is 33.2. The van der Waals surface area contributed by atoms with Gasteiger partial charge in [0.2, 0.25) is 0 Å². The van der Waals surface area contributed by atoms with Crippen molar-refractivity contribution in [3.63, 3.8) is 0 Å². The maximum Gasteiger partial charge on any atom is 0.104 e. The molecule has 0 bridgehead atoms. The van der Waals surface area contributed by atoms with Gasteiger partial charge in [-0.05, 0) is 221 Å². The third-order valence-electron chi connectivity index (χ3n) is 23.5. The van der Waals surface area contributed by atoms with Crippen molar-refractivity contribution in [2.24, 2.45) is 0 Å². The highest BCUT2D eigenvalue weighted by Crippen LogP contribution is 2.49. The van der Waals surface area contributed by atoms with Crippen LogP contribution in [0, 0.1) is 22.7 Å². The Labute approximate surface area is 668 Å². The van der Waals surface area contributed by atoms with E-state index in [-0.39, 0.29) is 0 Å². The number of para-hydroxylation sites is 1. The average Bonchev–Trinajstić information content (AvgIpc) is 1.56. The molecule has 538 valence electrons. The molecule has 8 heteroatoms. The zero-order valence-electron chi connectivity index (χ0n) is 62.7. The Morgan fingerprint density at radius 1 is 0.172 bits per heavy atom. The Bertz CT molecular complexity index is 7690. The van der Waals surface area contributed by atoms with Crippen LogP contribution >= 0.6 is 0 Å². The smallest absolute Gasteiger partial charge is 0.104 e. The van der Waals surface area contributed by atoms with Gasteiger partial charge in [0.05, 0.1) is 66.9 Å². The van der Waals surface area contributed by atoms with Crippen molar-refractivity contribution in [2.45, 2.75) is 0 Å². The quantitative estimate of drug-likeness (QED) is 0.115. The predicted molar refractivity (Wildman–Crippen MR) is 478 cm³/mol. The number of fused-ring (bicyclic) bond motifs is 12. The van der Waals surface area contributed by atoms with Gasteiger partial charge in [-0.25, -0.2) is 0 Å². The van der Waals surface area contributed by atoms with Crippen molar-refractivity contribution >= 4 is 87.2 Å². The molecule has 22 aromatic rings. The van der Waals surface area contributed by atoms with Crippen LogP contribution in [0.15, 0.2) is 401 Å². The van der Waals surface area contributed by atoms with E-state index in [4.69, 9.17) is 0 Å². The van der Waals surface area contributed by atoms with Crippen LogP contribution in [0.1, 0.15) is 11.1 Å². The normalized spacial score (nSPS) is 11.6. The number of hydrogen-bond acceptors (Lipinski definition) is 4. The first-order valence-corrected chi connectivity index (χ1v) is 39.1. The van der Waals surface area contributed by atoms with E-state index in [1.54, 1.807) is 0 Å². The lowest BCUT2D eigenvalue weighted by molar-refractivity contribution is 1.12. The fraction of sp³-hybridized carbons (Fsp3) is 0. The number of benzene rings is 16. The van der Waals surface area contributed by atoms with E-state index in [1.165, 1.54) is 0 Å². The molecule has 22 rings (SSSR count). The van der Waals surface area contributed by atoms with E-state index in [9.17, 15) is 10.5 Å². The molecule has 0 N–H and O–H groups in total. The van der Waals surface area contributed by atoms with Gasteiger partial charge in [0.15, 0.2) is 0 Å². The van der Waals surface area contributed by atoms with Gasteiger partial charge in [-0.2, -0.15) is 10.5 Å². The average molecular weight is 1480 g/mol. The second-order valence-corrected chi connectivity index (χ2v) is 29.8. The summed E-state index contributed by atoms with van der Waals surface area (Å²) in [6.45, 7) is 0. The predicted octanol–water partition coefficient (Wildman–Crippen LogP) is 27.6. The Kier molecular flexibility index (Phi) is 15.9. The summed E-state index contributed by atoms with van der Waals surface area (Å²) in [7, 11) is 0. The molecule has 0 atom stereocenters. The second kappa shape index (κ2) is 27.5. The van der Waals surface area contributed by atoms with Crippen LogP contribution in [0.5, 0.6) is 0 Å². The van der Waals surface area contributed by atoms with Crippen LogP contribution < -0.4 is 0 Å². The van der Waals surface area contributed by atoms with E-state index in [2.05, 4.69) is 404 Å². The molecular formula is C108H66N8. The number of pyridine rings is 2. The first kappa shape index (κ1) is 66.9. The topological polar surface area (TPSA) is 93.1 Å². The standard InChI is InChI=1S/C108H66N8/c109-67-95-104(113-97-34-20-19-33-85(97)91-55-77(38-44-98(91)113)69-21-7-1-8-22-69)61-83(74-47-51-111-52-48-74)62-105(95)114-99-45-39-78(70-23-9-2-10-24-70)56-92(99)93-57-82(40-46-100(93)114)89-65-94-88-43-37-81(73-29-15-5-16-30-73)60-103(88)116(108(94)66-90(89)76-31-17-6-18-32-76)107-64-84(75-49-53-112-54-50-75)63-106(96(107)68-110)115-101-58-79(71-25-11-3-12-26-71)35-41-86(101)87-42-36-80(59-102(87)115)72-27-13-4-14-28-72/h1-66H. The summed E-state index contributed by atoms with van der Waals surface area (Å²) >= 11 is 0. The minimum absolute atomic E-state index is 0.508. The van der Waals surface area contributed by atoms with Crippen molar-refractivity contribution in [1.29, 1.82) is 10.5 Å². The molecule has 116 heavy (non-hydrogen) atoms. The monoisotopic (exact) mass is 1470 g/mol. The maximum absolute atomic E-state index is 12.5. The van der Waals surface area contributed by atoms with Gasteiger partial charge >= 0.3 is 0 Å². The van der Waals surface area contributed by atoms with E-state index in [0.29, 0.717) is 11.1 Å². The molecule has 0 aliphatic heterocycles. The first-order chi connectivity index (χ1) is 57.4. The number of hydrogen-bond donors (Lipinski definition) is 0. The van der Waals surface area contributed by atoms with Crippen molar-refractivity contribution in [2.75, 3.05) is 0 Å². The molecule has 0 spiro atoms. The number of nitrogens with zero attached hydrogens (tertiary/aromatic N) is 8. The van der Waals surface area contributed by atoms with Gasteiger partial charge in [0, 0.05) is 67.9 Å². The largest absolute Gasteiger partial charge is 0.308 e.